The first-order valence-electron chi connectivity index (χ1n) is 8.69. The van der Waals surface area contributed by atoms with Crippen molar-refractivity contribution in [1.29, 1.82) is 0 Å². The number of quaternary nitrogens is 1. The third-order valence-corrected chi connectivity index (χ3v) is 4.21. The summed E-state index contributed by atoms with van der Waals surface area (Å²) in [6, 6.07) is 0. The zero-order chi connectivity index (χ0) is 16.4. The third kappa shape index (κ3) is 28.7. The molecule has 0 aliphatic carbocycles. The van der Waals surface area contributed by atoms with E-state index in [4.69, 9.17) is 0 Å². The molecule has 0 bridgehead atoms. The Morgan fingerprint density at radius 3 is 1.48 bits per heavy atom. The molecule has 4 nitrogen and oxygen atoms in total. The van der Waals surface area contributed by atoms with Crippen LogP contribution in [0.2, 0.25) is 0 Å². The van der Waals surface area contributed by atoms with Gasteiger partial charge in [-0.1, -0.05) is 65.2 Å². The van der Waals surface area contributed by atoms with E-state index in [2.05, 4.69) is 19.3 Å². The minimum absolute atomic E-state index is 0.243. The van der Waals surface area contributed by atoms with Gasteiger partial charge in [0.2, 0.25) is 0 Å². The molecule has 0 spiro atoms. The van der Waals surface area contributed by atoms with Crippen LogP contribution < -0.4 is 5.32 Å². The lowest BCUT2D eigenvalue weighted by atomic mass is 10.1. The Kier molecular flexibility index (Phi) is 19.7. The van der Waals surface area contributed by atoms with Crippen LogP contribution in [0, 0.1) is 0 Å². The predicted molar refractivity (Wildman–Crippen MR) is 89.4 cm³/mol. The molecule has 130 valence electrons. The number of nitrogens with two attached hydrogens (primary N) is 1. The topological polar surface area (TPSA) is 73.8 Å². The Morgan fingerprint density at radius 2 is 1.19 bits per heavy atom. The third-order valence-electron chi connectivity index (χ3n) is 3.30. The molecule has 0 atom stereocenters. The summed E-state index contributed by atoms with van der Waals surface area (Å²) >= 11 is 0. The van der Waals surface area contributed by atoms with Crippen molar-refractivity contribution < 1.29 is 18.3 Å². The molecule has 5 heteroatoms. The molecular weight excluding hydrogens is 286 g/mol. The second-order valence-electron chi connectivity index (χ2n) is 5.64. The lowest BCUT2D eigenvalue weighted by Gasteiger charge is -2.01. The highest BCUT2D eigenvalue weighted by atomic mass is 32.2. The molecule has 2 N–H and O–H groups in total. The van der Waals surface area contributed by atoms with Crippen molar-refractivity contribution in [2.45, 2.75) is 84.5 Å². The van der Waals surface area contributed by atoms with Crippen LogP contribution in [0.1, 0.15) is 84.5 Å². The quantitative estimate of drug-likeness (QED) is 0.418. The van der Waals surface area contributed by atoms with Crippen molar-refractivity contribution in [2.75, 3.05) is 19.3 Å². The van der Waals surface area contributed by atoms with Gasteiger partial charge < -0.3 is 9.87 Å². The van der Waals surface area contributed by atoms with Crippen LogP contribution in [0.3, 0.4) is 0 Å². The van der Waals surface area contributed by atoms with Crippen LogP contribution in [-0.2, 0) is 10.1 Å². The standard InChI is InChI=1S/C13H29N.C3H8O3S/c1-3-4-5-6-7-8-9-10-11-12-13-14-2;1-2-3-7(4,5)6/h14H,3-13H2,1-2H3;2-3H2,1H3,(H,4,5,6). The molecule has 0 amide bonds. The average molecular weight is 324 g/mol. The van der Waals surface area contributed by atoms with Gasteiger partial charge in [0.05, 0.1) is 23.7 Å². The van der Waals surface area contributed by atoms with Crippen molar-refractivity contribution in [2.24, 2.45) is 0 Å². The maximum absolute atomic E-state index is 9.68. The Hall–Kier alpha value is -0.130. The zero-order valence-corrected chi connectivity index (χ0v) is 15.2. The molecule has 0 rings (SSSR count). The summed E-state index contributed by atoms with van der Waals surface area (Å²) in [6.45, 7) is 5.25. The fourth-order valence-electron chi connectivity index (χ4n) is 2.09. The molecular formula is C16H37NO3S. The number of unbranched alkanes of at least 4 members (excludes halogenated alkanes) is 9. The van der Waals surface area contributed by atoms with Crippen LogP contribution in [0.4, 0.5) is 0 Å². The molecule has 0 aliphatic heterocycles. The summed E-state index contributed by atoms with van der Waals surface area (Å²) in [5, 5.41) is 2.28. The molecule has 0 saturated carbocycles. The Labute approximate surface area is 132 Å². The molecule has 0 aromatic heterocycles. The van der Waals surface area contributed by atoms with Gasteiger partial charge in [0.1, 0.15) is 0 Å². The van der Waals surface area contributed by atoms with Gasteiger partial charge in [-0.25, -0.2) is 8.42 Å². The second kappa shape index (κ2) is 17.9. The van der Waals surface area contributed by atoms with Crippen LogP contribution in [0.15, 0.2) is 0 Å². The first-order chi connectivity index (χ1) is 9.97. The first-order valence-corrected chi connectivity index (χ1v) is 10.3. The lowest BCUT2D eigenvalue weighted by Crippen LogP contribution is -2.79. The SMILES string of the molecule is CCCCCCCCCCCC[NH2+]C.CCCS(=O)(=O)[O-]. The largest absolute Gasteiger partial charge is 0.748 e. The van der Waals surface area contributed by atoms with E-state index in [0.29, 0.717) is 6.42 Å². The molecule has 0 aromatic carbocycles. The van der Waals surface area contributed by atoms with Gasteiger partial charge in [-0.15, -0.1) is 0 Å². The highest BCUT2D eigenvalue weighted by Gasteiger charge is 1.92. The number of rotatable bonds is 13. The van der Waals surface area contributed by atoms with E-state index in [1.807, 2.05) is 0 Å². The molecule has 0 aliphatic rings. The van der Waals surface area contributed by atoms with E-state index in [9.17, 15) is 13.0 Å². The fraction of sp³-hybridized carbons (Fsp3) is 1.00. The molecule has 0 radical (unpaired) electrons. The predicted octanol–water partition coefficient (Wildman–Crippen LogP) is 3.04. The molecule has 21 heavy (non-hydrogen) atoms. The van der Waals surface area contributed by atoms with Crippen molar-refractivity contribution in [1.82, 2.24) is 0 Å². The van der Waals surface area contributed by atoms with E-state index in [0.717, 1.165) is 0 Å². The Balaban J connectivity index is 0. The molecule has 0 heterocycles. The van der Waals surface area contributed by atoms with Crippen LogP contribution >= 0.6 is 0 Å². The van der Waals surface area contributed by atoms with E-state index < -0.39 is 10.1 Å². The van der Waals surface area contributed by atoms with Crippen LogP contribution in [0.5, 0.6) is 0 Å². The Bertz CT molecular complexity index is 267. The van der Waals surface area contributed by atoms with Crippen molar-refractivity contribution in [3.05, 3.63) is 0 Å². The minimum atomic E-state index is -3.92. The van der Waals surface area contributed by atoms with E-state index in [1.165, 1.54) is 70.8 Å². The average Bonchev–Trinajstić information content (AvgIpc) is 2.40. The monoisotopic (exact) mass is 323 g/mol. The van der Waals surface area contributed by atoms with Gasteiger partial charge in [0.15, 0.2) is 0 Å². The highest BCUT2D eigenvalue weighted by molar-refractivity contribution is 7.85. The normalized spacial score (nSPS) is 11.0. The molecule has 0 saturated heterocycles. The van der Waals surface area contributed by atoms with E-state index in [1.54, 1.807) is 6.92 Å². The smallest absolute Gasteiger partial charge is 0.0945 e. The van der Waals surface area contributed by atoms with Gasteiger partial charge in [-0.3, -0.25) is 0 Å². The summed E-state index contributed by atoms with van der Waals surface area (Å²) in [7, 11) is -1.76. The van der Waals surface area contributed by atoms with E-state index >= 15 is 0 Å². The lowest BCUT2D eigenvalue weighted by molar-refractivity contribution is -0.627. The van der Waals surface area contributed by atoms with E-state index in [-0.39, 0.29) is 5.75 Å². The first kappa shape index (κ1) is 23.1. The van der Waals surface area contributed by atoms with Gasteiger partial charge in [0.25, 0.3) is 0 Å². The number of hydrogen-bond donors (Lipinski definition) is 1. The van der Waals surface area contributed by atoms with Gasteiger partial charge >= 0.3 is 0 Å². The summed E-state index contributed by atoms with van der Waals surface area (Å²) < 4.78 is 29.0. The van der Waals surface area contributed by atoms with Crippen LogP contribution in [-0.4, -0.2) is 32.3 Å². The number of hydrogen-bond acceptors (Lipinski definition) is 3. The second-order valence-corrected chi connectivity index (χ2v) is 7.16. The van der Waals surface area contributed by atoms with Crippen molar-refractivity contribution >= 4 is 10.1 Å². The summed E-state index contributed by atoms with van der Waals surface area (Å²) in [5.41, 5.74) is 0. The van der Waals surface area contributed by atoms with Gasteiger partial charge in [0, 0.05) is 5.75 Å². The fourth-order valence-corrected chi connectivity index (χ4v) is 2.59. The highest BCUT2D eigenvalue weighted by Crippen LogP contribution is 2.09. The molecule has 0 fully saturated rings. The molecule has 0 aromatic rings. The van der Waals surface area contributed by atoms with Crippen molar-refractivity contribution in [3.63, 3.8) is 0 Å². The Morgan fingerprint density at radius 1 is 0.762 bits per heavy atom. The zero-order valence-electron chi connectivity index (χ0n) is 14.4. The van der Waals surface area contributed by atoms with Crippen molar-refractivity contribution in [3.8, 4) is 0 Å². The minimum Gasteiger partial charge on any atom is -0.748 e. The summed E-state index contributed by atoms with van der Waals surface area (Å²) in [6.07, 6.45) is 14.9. The molecule has 0 unspecified atom stereocenters. The van der Waals surface area contributed by atoms with Gasteiger partial charge in [-0.05, 0) is 19.3 Å². The maximum Gasteiger partial charge on any atom is 0.0945 e. The summed E-state index contributed by atoms with van der Waals surface area (Å²) in [5.74, 6) is -0.243. The van der Waals surface area contributed by atoms with Gasteiger partial charge in [-0.2, -0.15) is 0 Å². The maximum atomic E-state index is 9.68. The van der Waals surface area contributed by atoms with Crippen LogP contribution in [0.25, 0.3) is 0 Å². The summed E-state index contributed by atoms with van der Waals surface area (Å²) in [4.78, 5) is 0.